The summed E-state index contributed by atoms with van der Waals surface area (Å²) in [6.07, 6.45) is 3.04. The van der Waals surface area contributed by atoms with E-state index in [0.717, 1.165) is 6.54 Å². The molecule has 0 saturated heterocycles. The van der Waals surface area contributed by atoms with E-state index in [1.54, 1.807) is 6.92 Å². The summed E-state index contributed by atoms with van der Waals surface area (Å²) in [6.45, 7) is 8.52. The number of nitriles is 1. The van der Waals surface area contributed by atoms with Crippen molar-refractivity contribution < 1.29 is 4.79 Å². The molecule has 90 valence electrons. The van der Waals surface area contributed by atoms with Crippen LogP contribution in [0.5, 0.6) is 0 Å². The van der Waals surface area contributed by atoms with Crippen molar-refractivity contribution in [2.75, 3.05) is 6.54 Å². The molecule has 1 unspecified atom stereocenters. The maximum Gasteiger partial charge on any atom is 0.242 e. The van der Waals surface area contributed by atoms with Crippen LogP contribution in [0.3, 0.4) is 0 Å². The zero-order chi connectivity index (χ0) is 12.3. The Morgan fingerprint density at radius 2 is 2.12 bits per heavy atom. The molecule has 0 aliphatic heterocycles. The Hall–Kier alpha value is -1.04. The summed E-state index contributed by atoms with van der Waals surface area (Å²) in [6, 6.07) is 2.35. The quantitative estimate of drug-likeness (QED) is 0.717. The Morgan fingerprint density at radius 3 is 2.44 bits per heavy atom. The molecule has 1 aliphatic carbocycles. The smallest absolute Gasteiger partial charge is 0.242 e. The van der Waals surface area contributed by atoms with Gasteiger partial charge in [-0.25, -0.2) is 0 Å². The van der Waals surface area contributed by atoms with E-state index in [1.807, 2.05) is 25.7 Å². The Labute approximate surface area is 98.4 Å². The van der Waals surface area contributed by atoms with Crippen LogP contribution >= 0.6 is 0 Å². The van der Waals surface area contributed by atoms with Gasteiger partial charge in [0.05, 0.1) is 6.07 Å². The highest BCUT2D eigenvalue weighted by Crippen LogP contribution is 2.32. The molecule has 1 rings (SSSR count). The lowest BCUT2D eigenvalue weighted by Gasteiger charge is -2.32. The van der Waals surface area contributed by atoms with Crippen molar-refractivity contribution in [1.29, 1.82) is 5.26 Å². The lowest BCUT2D eigenvalue weighted by Crippen LogP contribution is -2.46. The van der Waals surface area contributed by atoms with E-state index < -0.39 is 5.41 Å². The van der Waals surface area contributed by atoms with Gasteiger partial charge < -0.3 is 4.90 Å². The molecule has 1 aliphatic rings. The predicted molar refractivity (Wildman–Crippen MR) is 63.6 cm³/mol. The highest BCUT2D eigenvalue weighted by Gasteiger charge is 2.38. The number of hydrogen-bond acceptors (Lipinski definition) is 2. The molecule has 16 heavy (non-hydrogen) atoms. The first kappa shape index (κ1) is 13.0. The number of amides is 1. The molecule has 0 aromatic carbocycles. The minimum absolute atomic E-state index is 0.000556. The van der Waals surface area contributed by atoms with Gasteiger partial charge in [-0.05, 0) is 46.0 Å². The molecule has 0 aromatic rings. The largest absolute Gasteiger partial charge is 0.339 e. The summed E-state index contributed by atoms with van der Waals surface area (Å²) in [5.74, 6) is 0.672. The van der Waals surface area contributed by atoms with E-state index in [-0.39, 0.29) is 11.9 Å². The summed E-state index contributed by atoms with van der Waals surface area (Å²) >= 11 is 0. The molecule has 0 radical (unpaired) electrons. The minimum atomic E-state index is -0.848. The highest BCUT2D eigenvalue weighted by atomic mass is 16.2. The summed E-state index contributed by atoms with van der Waals surface area (Å²) < 4.78 is 0. The summed E-state index contributed by atoms with van der Waals surface area (Å²) in [7, 11) is 0. The molecule has 1 fully saturated rings. The molecule has 0 spiro atoms. The molecule has 3 nitrogen and oxygen atoms in total. The molecule has 0 heterocycles. The number of carbonyl (C=O) groups is 1. The van der Waals surface area contributed by atoms with Crippen LogP contribution in [0.1, 0.15) is 47.0 Å². The summed E-state index contributed by atoms with van der Waals surface area (Å²) in [5.41, 5.74) is -0.848. The van der Waals surface area contributed by atoms with Gasteiger partial charge in [0.2, 0.25) is 5.91 Å². The first-order valence-electron chi connectivity index (χ1n) is 6.17. The van der Waals surface area contributed by atoms with Gasteiger partial charge in [0.25, 0.3) is 0 Å². The molecule has 0 N–H and O–H groups in total. The predicted octanol–water partition coefficient (Wildman–Crippen LogP) is 2.57. The standard InChI is InChI=1S/C13H22N2O/c1-5-13(4,9-14)12(16)15(10(2)3)8-11-6-7-11/h10-11H,5-8H2,1-4H3. The highest BCUT2D eigenvalue weighted by molar-refractivity contribution is 5.85. The minimum Gasteiger partial charge on any atom is -0.339 e. The van der Waals surface area contributed by atoms with E-state index >= 15 is 0 Å². The van der Waals surface area contributed by atoms with Gasteiger partial charge in [0.15, 0.2) is 0 Å². The van der Waals surface area contributed by atoms with Crippen molar-refractivity contribution in [3.63, 3.8) is 0 Å². The van der Waals surface area contributed by atoms with Crippen molar-refractivity contribution in [3.8, 4) is 6.07 Å². The van der Waals surface area contributed by atoms with Gasteiger partial charge >= 0.3 is 0 Å². The zero-order valence-corrected chi connectivity index (χ0v) is 10.8. The van der Waals surface area contributed by atoms with E-state index in [4.69, 9.17) is 5.26 Å². The fraction of sp³-hybridized carbons (Fsp3) is 0.846. The molecular formula is C13H22N2O. The molecule has 1 amide bonds. The summed E-state index contributed by atoms with van der Waals surface area (Å²) in [4.78, 5) is 14.2. The van der Waals surface area contributed by atoms with Crippen LogP contribution in [0.25, 0.3) is 0 Å². The van der Waals surface area contributed by atoms with Crippen LogP contribution in [-0.4, -0.2) is 23.4 Å². The topological polar surface area (TPSA) is 44.1 Å². The molecule has 0 bridgehead atoms. The van der Waals surface area contributed by atoms with Gasteiger partial charge in [0.1, 0.15) is 5.41 Å². The second kappa shape index (κ2) is 4.86. The third-order valence-electron chi connectivity index (χ3n) is 3.46. The fourth-order valence-electron chi connectivity index (χ4n) is 1.70. The average molecular weight is 222 g/mol. The third-order valence-corrected chi connectivity index (χ3v) is 3.46. The Balaban J connectivity index is 2.77. The summed E-state index contributed by atoms with van der Waals surface area (Å²) in [5, 5.41) is 9.14. The van der Waals surface area contributed by atoms with Crippen molar-refractivity contribution >= 4 is 5.91 Å². The average Bonchev–Trinajstić information content (AvgIpc) is 3.07. The number of nitrogens with zero attached hydrogens (tertiary/aromatic N) is 2. The van der Waals surface area contributed by atoms with E-state index in [1.165, 1.54) is 12.8 Å². The SMILES string of the molecule is CCC(C)(C#N)C(=O)N(CC1CC1)C(C)C. The Bertz CT molecular complexity index is 302. The van der Waals surface area contributed by atoms with Crippen molar-refractivity contribution in [2.24, 2.45) is 11.3 Å². The van der Waals surface area contributed by atoms with Crippen LogP contribution in [0.4, 0.5) is 0 Å². The van der Waals surface area contributed by atoms with E-state index in [2.05, 4.69) is 6.07 Å². The maximum atomic E-state index is 12.3. The zero-order valence-electron chi connectivity index (χ0n) is 10.8. The van der Waals surface area contributed by atoms with Crippen LogP contribution in [0.2, 0.25) is 0 Å². The normalized spacial score (nSPS) is 19.0. The third kappa shape index (κ3) is 2.75. The van der Waals surface area contributed by atoms with E-state index in [9.17, 15) is 4.79 Å². The second-order valence-electron chi connectivity index (χ2n) is 5.29. The van der Waals surface area contributed by atoms with Gasteiger partial charge in [-0.3, -0.25) is 4.79 Å². The van der Waals surface area contributed by atoms with Gasteiger partial charge in [-0.15, -0.1) is 0 Å². The van der Waals surface area contributed by atoms with Crippen LogP contribution in [-0.2, 0) is 4.79 Å². The molecule has 1 atom stereocenters. The number of hydrogen-bond donors (Lipinski definition) is 0. The van der Waals surface area contributed by atoms with Gasteiger partial charge in [-0.1, -0.05) is 6.92 Å². The molecular weight excluding hydrogens is 200 g/mol. The Morgan fingerprint density at radius 1 is 1.56 bits per heavy atom. The Kier molecular flexibility index (Phi) is 3.96. The fourth-order valence-corrected chi connectivity index (χ4v) is 1.70. The molecule has 0 aromatic heterocycles. The van der Waals surface area contributed by atoms with Crippen molar-refractivity contribution in [3.05, 3.63) is 0 Å². The van der Waals surface area contributed by atoms with Crippen LogP contribution in [0, 0.1) is 22.7 Å². The first-order valence-corrected chi connectivity index (χ1v) is 6.17. The monoisotopic (exact) mass is 222 g/mol. The van der Waals surface area contributed by atoms with Crippen LogP contribution in [0.15, 0.2) is 0 Å². The van der Waals surface area contributed by atoms with E-state index in [0.29, 0.717) is 12.3 Å². The van der Waals surface area contributed by atoms with Gasteiger partial charge in [-0.2, -0.15) is 5.26 Å². The first-order chi connectivity index (χ1) is 7.44. The maximum absolute atomic E-state index is 12.3. The molecule has 3 heteroatoms. The van der Waals surface area contributed by atoms with Crippen LogP contribution < -0.4 is 0 Å². The molecule has 1 saturated carbocycles. The second-order valence-corrected chi connectivity index (χ2v) is 5.29. The lowest BCUT2D eigenvalue weighted by atomic mass is 9.87. The van der Waals surface area contributed by atoms with Crippen molar-refractivity contribution in [2.45, 2.75) is 53.0 Å². The lowest BCUT2D eigenvalue weighted by molar-refractivity contribution is -0.140. The number of rotatable bonds is 5. The van der Waals surface area contributed by atoms with Crippen molar-refractivity contribution in [1.82, 2.24) is 4.90 Å². The number of carbonyl (C=O) groups excluding carboxylic acids is 1. The van der Waals surface area contributed by atoms with Gasteiger partial charge in [0, 0.05) is 12.6 Å².